The van der Waals surface area contributed by atoms with Crippen LogP contribution in [0.15, 0.2) is 59.6 Å². The predicted octanol–water partition coefficient (Wildman–Crippen LogP) is -0.973. The number of carboxylic acids is 1. The van der Waals surface area contributed by atoms with Crippen LogP contribution >= 0.6 is 12.6 Å². The lowest BCUT2D eigenvalue weighted by Crippen LogP contribution is -2.58. The maximum absolute atomic E-state index is 13.3. The number of thiol groups is 1. The van der Waals surface area contributed by atoms with Gasteiger partial charge in [0.05, 0.1) is 6.04 Å². The molecule has 13 nitrogen and oxygen atoms in total. The highest BCUT2D eigenvalue weighted by molar-refractivity contribution is 7.80. The molecule has 0 radical (unpaired) electrons. The highest BCUT2D eigenvalue weighted by atomic mass is 32.1. The van der Waals surface area contributed by atoms with Crippen LogP contribution in [-0.2, 0) is 32.0 Å². The number of aliphatic imine (C=N–C) groups is 1. The summed E-state index contributed by atoms with van der Waals surface area (Å²) in [6.07, 6.45) is 0.700. The molecule has 11 N–H and O–H groups in total. The van der Waals surface area contributed by atoms with Gasteiger partial charge in [0.2, 0.25) is 17.7 Å². The van der Waals surface area contributed by atoms with Crippen molar-refractivity contribution in [2.45, 2.75) is 49.9 Å². The second kappa shape index (κ2) is 16.7. The second-order valence-corrected chi connectivity index (χ2v) is 9.69. The molecular weight excluding hydrogens is 550 g/mol. The number of carbonyl (C=O) groups excluding carboxylic acids is 3. The van der Waals surface area contributed by atoms with E-state index in [1.54, 1.807) is 42.5 Å². The predicted molar refractivity (Wildman–Crippen MR) is 157 cm³/mol. The van der Waals surface area contributed by atoms with Crippen molar-refractivity contribution in [3.63, 3.8) is 0 Å². The van der Waals surface area contributed by atoms with Crippen LogP contribution in [0.5, 0.6) is 5.75 Å². The molecule has 0 heterocycles. The molecule has 0 aliphatic heterocycles. The summed E-state index contributed by atoms with van der Waals surface area (Å²) >= 11 is 4.16. The summed E-state index contributed by atoms with van der Waals surface area (Å²) in [6, 6.07) is 10.2. The Kier molecular flexibility index (Phi) is 13.4. The Balaban J connectivity index is 2.14. The number of rotatable bonds is 16. The molecule has 0 aromatic heterocycles. The third-order valence-corrected chi connectivity index (χ3v) is 6.39. The number of phenolic OH excluding ortho intramolecular Hbond substituents is 1. The molecule has 0 fully saturated rings. The van der Waals surface area contributed by atoms with Crippen molar-refractivity contribution in [1.29, 1.82) is 0 Å². The lowest BCUT2D eigenvalue weighted by atomic mass is 10.0. The Morgan fingerprint density at radius 1 is 0.805 bits per heavy atom. The summed E-state index contributed by atoms with van der Waals surface area (Å²) in [5.41, 5.74) is 17.8. The Morgan fingerprint density at radius 2 is 1.34 bits per heavy atom. The summed E-state index contributed by atoms with van der Waals surface area (Å²) in [5.74, 6) is -3.46. The van der Waals surface area contributed by atoms with Crippen molar-refractivity contribution in [2.24, 2.45) is 22.2 Å². The van der Waals surface area contributed by atoms with Crippen LogP contribution in [0.1, 0.15) is 24.0 Å². The zero-order chi connectivity index (χ0) is 30.4. The maximum atomic E-state index is 13.3. The number of phenols is 1. The van der Waals surface area contributed by atoms with E-state index < -0.39 is 47.9 Å². The molecule has 2 rings (SSSR count). The number of aliphatic carboxylic acids is 1. The zero-order valence-corrected chi connectivity index (χ0v) is 23.3. The lowest BCUT2D eigenvalue weighted by Gasteiger charge is -2.25. The van der Waals surface area contributed by atoms with E-state index >= 15 is 0 Å². The number of carbonyl (C=O) groups is 4. The van der Waals surface area contributed by atoms with E-state index in [4.69, 9.17) is 17.2 Å². The fourth-order valence-electron chi connectivity index (χ4n) is 3.79. The lowest BCUT2D eigenvalue weighted by molar-refractivity contribution is -0.142. The fourth-order valence-corrected chi connectivity index (χ4v) is 4.05. The van der Waals surface area contributed by atoms with Gasteiger partial charge in [-0.3, -0.25) is 19.4 Å². The molecular formula is C27H37N7O6S. The third-order valence-electron chi connectivity index (χ3n) is 6.03. The van der Waals surface area contributed by atoms with Crippen LogP contribution in [0.4, 0.5) is 0 Å². The molecule has 2 aromatic rings. The average Bonchev–Trinajstić information content (AvgIpc) is 2.94. The molecule has 222 valence electrons. The van der Waals surface area contributed by atoms with Crippen molar-refractivity contribution in [3.8, 4) is 5.75 Å². The molecule has 0 bridgehead atoms. The number of benzene rings is 2. The van der Waals surface area contributed by atoms with E-state index in [0.717, 1.165) is 0 Å². The molecule has 0 spiro atoms. The molecule has 41 heavy (non-hydrogen) atoms. The highest BCUT2D eigenvalue weighted by Gasteiger charge is 2.30. The van der Waals surface area contributed by atoms with E-state index in [9.17, 15) is 29.4 Å². The van der Waals surface area contributed by atoms with Crippen molar-refractivity contribution in [1.82, 2.24) is 16.0 Å². The average molecular weight is 588 g/mol. The molecule has 4 atom stereocenters. The Labute approximate surface area is 243 Å². The van der Waals surface area contributed by atoms with Gasteiger partial charge in [0.15, 0.2) is 5.96 Å². The topological polar surface area (TPSA) is 235 Å². The van der Waals surface area contributed by atoms with Gasteiger partial charge in [-0.25, -0.2) is 4.79 Å². The molecule has 4 unspecified atom stereocenters. The first-order chi connectivity index (χ1) is 19.5. The van der Waals surface area contributed by atoms with Crippen LogP contribution < -0.4 is 33.2 Å². The van der Waals surface area contributed by atoms with Gasteiger partial charge in [0, 0.05) is 25.1 Å². The number of nitrogens with one attached hydrogen (secondary N) is 3. The monoisotopic (exact) mass is 587 g/mol. The van der Waals surface area contributed by atoms with E-state index in [1.165, 1.54) is 12.1 Å². The van der Waals surface area contributed by atoms with Gasteiger partial charge < -0.3 is 43.4 Å². The van der Waals surface area contributed by atoms with Crippen LogP contribution in [0, 0.1) is 0 Å². The minimum atomic E-state index is -1.26. The molecule has 0 saturated carbocycles. The molecule has 14 heteroatoms. The van der Waals surface area contributed by atoms with Gasteiger partial charge in [-0.2, -0.15) is 12.6 Å². The first kappa shape index (κ1) is 32.9. The molecule has 3 amide bonds. The number of aromatic hydroxyl groups is 1. The normalized spacial score (nSPS) is 13.6. The number of nitrogens with two attached hydrogens (primary N) is 3. The first-order valence-corrected chi connectivity index (χ1v) is 13.5. The van der Waals surface area contributed by atoms with Crippen LogP contribution in [0.3, 0.4) is 0 Å². The minimum absolute atomic E-state index is 0.0140. The first-order valence-electron chi connectivity index (χ1n) is 12.9. The quantitative estimate of drug-likeness (QED) is 0.0507. The summed E-state index contributed by atoms with van der Waals surface area (Å²) in [5, 5.41) is 26.9. The smallest absolute Gasteiger partial charge is 0.326 e. The van der Waals surface area contributed by atoms with E-state index in [1.807, 2.05) is 0 Å². The highest BCUT2D eigenvalue weighted by Crippen LogP contribution is 2.12. The summed E-state index contributed by atoms with van der Waals surface area (Å²) in [7, 11) is 0. The van der Waals surface area contributed by atoms with Gasteiger partial charge in [0.25, 0.3) is 0 Å². The number of guanidine groups is 1. The largest absolute Gasteiger partial charge is 0.508 e. The van der Waals surface area contributed by atoms with Crippen molar-refractivity contribution in [3.05, 3.63) is 65.7 Å². The second-order valence-electron chi connectivity index (χ2n) is 9.32. The fraction of sp³-hybridized carbons (Fsp3) is 0.370. The van der Waals surface area contributed by atoms with Gasteiger partial charge in [0.1, 0.15) is 23.9 Å². The minimum Gasteiger partial charge on any atom is -0.508 e. The molecule has 0 saturated heterocycles. The van der Waals surface area contributed by atoms with Crippen LogP contribution in [0.25, 0.3) is 0 Å². The van der Waals surface area contributed by atoms with Crippen molar-refractivity contribution in [2.75, 3.05) is 12.3 Å². The molecule has 0 aliphatic rings. The summed E-state index contributed by atoms with van der Waals surface area (Å²) < 4.78 is 0. The Hall–Kier alpha value is -4.30. The molecule has 2 aromatic carbocycles. The summed E-state index contributed by atoms with van der Waals surface area (Å²) in [4.78, 5) is 54.8. The third kappa shape index (κ3) is 11.8. The number of nitrogens with zero attached hydrogens (tertiary/aromatic N) is 1. The SMILES string of the molecule is NC(N)=NCCCC(N)C(=O)NC(CS)C(=O)NC(Cc1ccc(O)cc1)C(=O)NC(Cc1ccccc1)C(=O)O. The van der Waals surface area contributed by atoms with Gasteiger partial charge in [-0.1, -0.05) is 42.5 Å². The van der Waals surface area contributed by atoms with Gasteiger partial charge in [-0.05, 0) is 36.1 Å². The summed E-state index contributed by atoms with van der Waals surface area (Å²) in [6.45, 7) is 0.287. The van der Waals surface area contributed by atoms with Crippen LogP contribution in [-0.4, -0.2) is 76.3 Å². The zero-order valence-electron chi connectivity index (χ0n) is 22.4. The Morgan fingerprint density at radius 3 is 1.93 bits per heavy atom. The van der Waals surface area contributed by atoms with Gasteiger partial charge >= 0.3 is 5.97 Å². The standard InChI is InChI=1S/C27H37N7O6S/c28-19(7-4-12-31-27(29)30)23(36)34-22(15-41)25(38)32-20(13-17-8-10-18(35)11-9-17)24(37)33-21(26(39)40)14-16-5-2-1-3-6-16/h1-3,5-6,8-11,19-22,35,41H,4,7,12-15,28H2,(H,32,38)(H,33,37)(H,34,36)(H,39,40)(H4,29,30,31). The Bertz CT molecular complexity index is 1190. The van der Waals surface area contributed by atoms with Gasteiger partial charge in [-0.15, -0.1) is 0 Å². The van der Waals surface area contributed by atoms with E-state index in [-0.39, 0.29) is 43.3 Å². The molecule has 0 aliphatic carbocycles. The van der Waals surface area contributed by atoms with E-state index in [2.05, 4.69) is 33.6 Å². The van der Waals surface area contributed by atoms with Crippen molar-refractivity contribution < 1.29 is 29.4 Å². The van der Waals surface area contributed by atoms with Crippen molar-refractivity contribution >= 4 is 42.3 Å². The number of hydrogen-bond donors (Lipinski definition) is 9. The number of carboxylic acid groups (broad SMARTS) is 1. The number of amides is 3. The number of hydrogen-bond acceptors (Lipinski definition) is 8. The maximum Gasteiger partial charge on any atom is 0.326 e. The van der Waals surface area contributed by atoms with E-state index in [0.29, 0.717) is 17.5 Å². The van der Waals surface area contributed by atoms with Crippen LogP contribution in [0.2, 0.25) is 0 Å².